The number of rotatable bonds is 10. The molecule has 0 saturated heterocycles. The number of esters is 1. The van der Waals surface area contributed by atoms with Crippen molar-refractivity contribution in [1.82, 2.24) is 4.72 Å². The molecule has 19 heavy (non-hydrogen) atoms. The Labute approximate surface area is 112 Å². The Morgan fingerprint density at radius 2 is 2.00 bits per heavy atom. The first-order chi connectivity index (χ1) is 8.82. The zero-order chi connectivity index (χ0) is 14.9. The van der Waals surface area contributed by atoms with Gasteiger partial charge in [-0.2, -0.15) is 0 Å². The molecule has 1 atom stereocenters. The summed E-state index contributed by atoms with van der Waals surface area (Å²) in [5, 5.41) is 8.88. The molecule has 0 fully saturated rings. The van der Waals surface area contributed by atoms with Gasteiger partial charge in [-0.3, -0.25) is 9.59 Å². The van der Waals surface area contributed by atoms with Gasteiger partial charge in [0.1, 0.15) is 6.04 Å². The highest BCUT2D eigenvalue weighted by atomic mass is 32.2. The molecule has 0 aromatic rings. The van der Waals surface area contributed by atoms with E-state index in [1.165, 1.54) is 7.11 Å². The fourth-order valence-corrected chi connectivity index (χ4v) is 2.29. The van der Waals surface area contributed by atoms with E-state index in [0.717, 1.165) is 0 Å². The number of hydrogen-bond acceptors (Lipinski definition) is 6. The summed E-state index contributed by atoms with van der Waals surface area (Å²) in [6.07, 6.45) is -0.350. The predicted molar refractivity (Wildman–Crippen MR) is 66.1 cm³/mol. The van der Waals surface area contributed by atoms with Crippen molar-refractivity contribution in [2.24, 2.45) is 0 Å². The largest absolute Gasteiger partial charge is 0.480 e. The second-order valence-electron chi connectivity index (χ2n) is 3.64. The van der Waals surface area contributed by atoms with E-state index >= 15 is 0 Å². The maximum absolute atomic E-state index is 11.6. The second kappa shape index (κ2) is 8.83. The summed E-state index contributed by atoms with van der Waals surface area (Å²) in [4.78, 5) is 21.8. The number of sulfonamides is 1. The number of hydrogen-bond donors (Lipinski definition) is 2. The van der Waals surface area contributed by atoms with Crippen LogP contribution in [0.3, 0.4) is 0 Å². The van der Waals surface area contributed by atoms with Crippen molar-refractivity contribution in [2.45, 2.75) is 25.8 Å². The minimum atomic E-state index is -3.76. The monoisotopic (exact) mass is 297 g/mol. The van der Waals surface area contributed by atoms with E-state index in [1.807, 2.05) is 4.72 Å². The third-order valence-corrected chi connectivity index (χ3v) is 3.53. The van der Waals surface area contributed by atoms with Gasteiger partial charge in [0.15, 0.2) is 0 Å². The maximum atomic E-state index is 11.6. The van der Waals surface area contributed by atoms with Crippen LogP contribution in [-0.4, -0.2) is 57.6 Å². The summed E-state index contributed by atoms with van der Waals surface area (Å²) in [6.45, 7) is 2.08. The van der Waals surface area contributed by atoms with Gasteiger partial charge >= 0.3 is 11.9 Å². The number of carboxylic acid groups (broad SMARTS) is 1. The van der Waals surface area contributed by atoms with Crippen molar-refractivity contribution >= 4 is 22.0 Å². The number of aliphatic carboxylic acids is 1. The normalized spacial score (nSPS) is 12.9. The lowest BCUT2D eigenvalue weighted by Crippen LogP contribution is -2.42. The molecule has 0 aliphatic carbocycles. The lowest BCUT2D eigenvalue weighted by atomic mass is 10.2. The van der Waals surface area contributed by atoms with Gasteiger partial charge < -0.3 is 14.6 Å². The highest BCUT2D eigenvalue weighted by Crippen LogP contribution is 2.02. The summed E-state index contributed by atoms with van der Waals surface area (Å²) < 4.78 is 34.4. The first kappa shape index (κ1) is 17.8. The topological polar surface area (TPSA) is 119 Å². The Hall–Kier alpha value is -1.19. The molecule has 2 N–H and O–H groups in total. The van der Waals surface area contributed by atoms with Crippen molar-refractivity contribution < 1.29 is 32.6 Å². The Morgan fingerprint density at radius 1 is 1.37 bits per heavy atom. The smallest absolute Gasteiger partial charge is 0.321 e. The molecule has 112 valence electrons. The van der Waals surface area contributed by atoms with Crippen molar-refractivity contribution in [1.29, 1.82) is 0 Å². The van der Waals surface area contributed by atoms with E-state index in [9.17, 15) is 18.0 Å². The van der Waals surface area contributed by atoms with Crippen molar-refractivity contribution in [3.8, 4) is 0 Å². The number of nitrogens with one attached hydrogen (secondary N) is 1. The summed E-state index contributed by atoms with van der Waals surface area (Å²) in [7, 11) is -2.59. The Bertz CT molecular complexity index is 393. The molecule has 0 amide bonds. The summed E-state index contributed by atoms with van der Waals surface area (Å²) in [5.74, 6) is -2.27. The van der Waals surface area contributed by atoms with Crippen LogP contribution in [0.4, 0.5) is 0 Å². The number of carboxylic acids is 1. The summed E-state index contributed by atoms with van der Waals surface area (Å²) in [6, 6.07) is -1.36. The second-order valence-corrected chi connectivity index (χ2v) is 5.51. The average molecular weight is 297 g/mol. The van der Waals surface area contributed by atoms with E-state index in [2.05, 4.69) is 4.74 Å². The lowest BCUT2D eigenvalue weighted by Gasteiger charge is -2.14. The predicted octanol–water partition coefficient (Wildman–Crippen LogP) is -0.651. The van der Waals surface area contributed by atoms with Crippen molar-refractivity contribution in [2.75, 3.05) is 26.1 Å². The van der Waals surface area contributed by atoms with Gasteiger partial charge in [-0.25, -0.2) is 13.1 Å². The highest BCUT2D eigenvalue weighted by Gasteiger charge is 2.24. The zero-order valence-corrected chi connectivity index (χ0v) is 11.7. The van der Waals surface area contributed by atoms with Crippen LogP contribution in [0, 0.1) is 0 Å². The number of methoxy groups -OCH3 is 1. The fraction of sp³-hybridized carbons (Fsp3) is 0.800. The van der Waals surface area contributed by atoms with E-state index in [0.29, 0.717) is 6.61 Å². The van der Waals surface area contributed by atoms with E-state index < -0.39 is 28.0 Å². The molecule has 0 saturated carbocycles. The molecule has 0 aromatic carbocycles. The standard InChI is InChI=1S/C10H19NO7S/c1-3-18-6-7-19(15,16)11-8(10(13)14)4-5-9(12)17-2/h8,11H,3-7H2,1-2H3,(H,13,14)/t8-/m0/s1. The number of carbonyl (C=O) groups excluding carboxylic acids is 1. The third kappa shape index (κ3) is 8.51. The molecule has 9 heteroatoms. The van der Waals surface area contributed by atoms with Crippen molar-refractivity contribution in [3.05, 3.63) is 0 Å². The Morgan fingerprint density at radius 3 is 2.47 bits per heavy atom. The van der Waals surface area contributed by atoms with Gasteiger partial charge in [-0.1, -0.05) is 0 Å². The molecule has 8 nitrogen and oxygen atoms in total. The molecular weight excluding hydrogens is 278 g/mol. The molecule has 0 aliphatic rings. The molecule has 0 unspecified atom stereocenters. The van der Waals surface area contributed by atoms with Gasteiger partial charge in [0, 0.05) is 13.0 Å². The van der Waals surface area contributed by atoms with Crippen LogP contribution in [0.5, 0.6) is 0 Å². The summed E-state index contributed by atoms with van der Waals surface area (Å²) >= 11 is 0. The minimum Gasteiger partial charge on any atom is -0.480 e. The molecule has 0 aromatic heterocycles. The third-order valence-electron chi connectivity index (χ3n) is 2.19. The number of carbonyl (C=O) groups is 2. The van der Waals surface area contributed by atoms with Gasteiger partial charge in [0.25, 0.3) is 0 Å². The Balaban J connectivity index is 4.40. The lowest BCUT2D eigenvalue weighted by molar-refractivity contribution is -0.142. The van der Waals surface area contributed by atoms with Gasteiger partial charge in [0.05, 0.1) is 19.5 Å². The van der Waals surface area contributed by atoms with Crippen LogP contribution >= 0.6 is 0 Å². The number of ether oxygens (including phenoxy) is 2. The quantitative estimate of drug-likeness (QED) is 0.406. The van der Waals surface area contributed by atoms with Crippen LogP contribution in [0.2, 0.25) is 0 Å². The SMILES string of the molecule is CCOCCS(=O)(=O)N[C@@H](CCC(=O)OC)C(=O)O. The first-order valence-corrected chi connectivity index (χ1v) is 7.35. The highest BCUT2D eigenvalue weighted by molar-refractivity contribution is 7.89. The van der Waals surface area contributed by atoms with E-state index in [1.54, 1.807) is 6.92 Å². The molecule has 0 bridgehead atoms. The molecular formula is C10H19NO7S. The molecule has 0 aliphatic heterocycles. The first-order valence-electron chi connectivity index (χ1n) is 5.69. The van der Waals surface area contributed by atoms with Crippen LogP contribution in [-0.2, 0) is 29.1 Å². The van der Waals surface area contributed by atoms with Crippen LogP contribution in [0.15, 0.2) is 0 Å². The molecule has 0 heterocycles. The minimum absolute atomic E-state index is 0.0187. The average Bonchev–Trinajstić information content (AvgIpc) is 2.33. The van der Waals surface area contributed by atoms with Gasteiger partial charge in [0.2, 0.25) is 10.0 Å². The van der Waals surface area contributed by atoms with E-state index in [4.69, 9.17) is 9.84 Å². The molecule has 0 rings (SSSR count). The molecule has 0 radical (unpaired) electrons. The van der Waals surface area contributed by atoms with Crippen LogP contribution in [0.1, 0.15) is 19.8 Å². The summed E-state index contributed by atoms with van der Waals surface area (Å²) in [5.41, 5.74) is 0. The molecule has 0 spiro atoms. The van der Waals surface area contributed by atoms with Gasteiger partial charge in [-0.15, -0.1) is 0 Å². The van der Waals surface area contributed by atoms with Gasteiger partial charge in [-0.05, 0) is 13.3 Å². The fourth-order valence-electron chi connectivity index (χ4n) is 1.19. The van der Waals surface area contributed by atoms with Crippen molar-refractivity contribution in [3.63, 3.8) is 0 Å². The Kier molecular flexibility index (Phi) is 8.28. The van der Waals surface area contributed by atoms with Crippen LogP contribution < -0.4 is 4.72 Å². The van der Waals surface area contributed by atoms with Crippen LogP contribution in [0.25, 0.3) is 0 Å². The zero-order valence-electron chi connectivity index (χ0n) is 10.9. The maximum Gasteiger partial charge on any atom is 0.321 e. The van der Waals surface area contributed by atoms with E-state index in [-0.39, 0.29) is 25.2 Å².